The van der Waals surface area contributed by atoms with Gasteiger partial charge in [-0.05, 0) is 45.2 Å². The molecule has 9 nitrogen and oxygen atoms in total. The van der Waals surface area contributed by atoms with Gasteiger partial charge in [0, 0.05) is 30.0 Å². The van der Waals surface area contributed by atoms with Crippen LogP contribution in [0, 0.1) is 0 Å². The number of furan rings is 1. The van der Waals surface area contributed by atoms with E-state index in [2.05, 4.69) is 0 Å². The van der Waals surface area contributed by atoms with Gasteiger partial charge in [-0.1, -0.05) is 6.42 Å². The Bertz CT molecular complexity index is 1250. The smallest absolute Gasteiger partial charge is 0.263 e. The van der Waals surface area contributed by atoms with Crippen molar-refractivity contribution in [2.24, 2.45) is 0 Å². The molecule has 2 aliphatic rings. The van der Waals surface area contributed by atoms with E-state index in [1.165, 1.54) is 31.5 Å². The molecule has 0 radical (unpaired) electrons. The predicted molar refractivity (Wildman–Crippen MR) is 113 cm³/mol. The second kappa shape index (κ2) is 7.58. The van der Waals surface area contributed by atoms with Gasteiger partial charge in [-0.2, -0.15) is 4.31 Å². The molecule has 1 fully saturated rings. The number of benzene rings is 1. The van der Waals surface area contributed by atoms with Crippen molar-refractivity contribution in [3.05, 3.63) is 29.5 Å². The van der Waals surface area contributed by atoms with E-state index in [1.807, 2.05) is 0 Å². The van der Waals surface area contributed by atoms with Crippen molar-refractivity contribution in [3.63, 3.8) is 0 Å². The number of hydroxylamine groups is 1. The molecule has 1 atom stereocenters. The average molecular weight is 471 g/mol. The first kappa shape index (κ1) is 22.3. The SMILES string of the molecule is CC1(C)C(C(=O)NO)N(S(=O)(=O)c2ccc3c4c(oc3c2)CCCCC4)CCS1(=O)=O. The fourth-order valence-corrected chi connectivity index (χ4v) is 8.06. The summed E-state index contributed by atoms with van der Waals surface area (Å²) in [6, 6.07) is 2.99. The van der Waals surface area contributed by atoms with Crippen LogP contribution in [-0.4, -0.2) is 55.3 Å². The maximum atomic E-state index is 13.5. The number of nitrogens with one attached hydrogen (secondary N) is 1. The Balaban J connectivity index is 1.80. The molecule has 1 aliphatic heterocycles. The van der Waals surface area contributed by atoms with Gasteiger partial charge in [0.1, 0.15) is 17.4 Å². The number of aryl methyl sites for hydroxylation is 2. The first-order valence-corrected chi connectivity index (χ1v) is 13.3. The van der Waals surface area contributed by atoms with Gasteiger partial charge in [0.05, 0.1) is 15.4 Å². The van der Waals surface area contributed by atoms with E-state index in [0.29, 0.717) is 5.58 Å². The van der Waals surface area contributed by atoms with Crippen molar-refractivity contribution in [2.45, 2.75) is 61.6 Å². The third kappa shape index (κ3) is 3.47. The summed E-state index contributed by atoms with van der Waals surface area (Å²) < 4.78 is 57.2. The zero-order valence-corrected chi connectivity index (χ0v) is 19.1. The quantitative estimate of drug-likeness (QED) is 0.397. The zero-order chi connectivity index (χ0) is 22.6. The second-order valence-electron chi connectivity index (χ2n) is 8.64. The van der Waals surface area contributed by atoms with E-state index in [1.54, 1.807) is 6.07 Å². The molecular weight excluding hydrogens is 444 g/mol. The van der Waals surface area contributed by atoms with Crippen LogP contribution in [0.5, 0.6) is 0 Å². The van der Waals surface area contributed by atoms with Crippen LogP contribution in [0.4, 0.5) is 0 Å². The number of rotatable bonds is 3. The molecule has 2 N–H and O–H groups in total. The summed E-state index contributed by atoms with van der Waals surface area (Å²) in [5.41, 5.74) is 2.99. The van der Waals surface area contributed by atoms with E-state index in [0.717, 1.165) is 53.1 Å². The Kier molecular flexibility index (Phi) is 5.44. The molecule has 31 heavy (non-hydrogen) atoms. The van der Waals surface area contributed by atoms with Crippen LogP contribution in [-0.2, 0) is 37.5 Å². The average Bonchev–Trinajstić information content (AvgIpc) is 2.88. The molecule has 1 aliphatic carbocycles. The van der Waals surface area contributed by atoms with Crippen molar-refractivity contribution < 1.29 is 31.3 Å². The van der Waals surface area contributed by atoms with Crippen molar-refractivity contribution in [1.82, 2.24) is 9.79 Å². The summed E-state index contributed by atoms with van der Waals surface area (Å²) in [7, 11) is -8.03. The van der Waals surface area contributed by atoms with Gasteiger partial charge >= 0.3 is 0 Å². The minimum Gasteiger partial charge on any atom is -0.461 e. The number of carbonyl (C=O) groups is 1. The Labute approximate surface area is 181 Å². The largest absolute Gasteiger partial charge is 0.461 e. The van der Waals surface area contributed by atoms with E-state index in [9.17, 15) is 26.8 Å². The number of amides is 1. The summed E-state index contributed by atoms with van der Waals surface area (Å²) in [4.78, 5) is 12.3. The van der Waals surface area contributed by atoms with Gasteiger partial charge < -0.3 is 4.42 Å². The molecule has 2 heterocycles. The third-order valence-corrected chi connectivity index (χ3v) is 10.9. The van der Waals surface area contributed by atoms with E-state index in [4.69, 9.17) is 4.42 Å². The minimum atomic E-state index is -4.25. The molecule has 0 spiro atoms. The predicted octanol–water partition coefficient (Wildman–Crippen LogP) is 1.77. The lowest BCUT2D eigenvalue weighted by Crippen LogP contribution is -2.66. The fraction of sp³-hybridized carbons (Fsp3) is 0.550. The van der Waals surface area contributed by atoms with Crippen LogP contribution in [0.25, 0.3) is 11.0 Å². The summed E-state index contributed by atoms with van der Waals surface area (Å²) >= 11 is 0. The molecule has 11 heteroatoms. The molecule has 1 amide bonds. The Morgan fingerprint density at radius 2 is 1.94 bits per heavy atom. The lowest BCUT2D eigenvalue weighted by atomic mass is 10.0. The maximum absolute atomic E-state index is 13.5. The molecule has 0 saturated carbocycles. The molecule has 2 aromatic rings. The molecule has 1 aromatic carbocycles. The first-order chi connectivity index (χ1) is 14.5. The number of hydrogen-bond acceptors (Lipinski definition) is 7. The number of nitrogens with zero attached hydrogens (tertiary/aromatic N) is 1. The first-order valence-electron chi connectivity index (χ1n) is 10.2. The van der Waals surface area contributed by atoms with Crippen molar-refractivity contribution >= 4 is 36.7 Å². The Morgan fingerprint density at radius 1 is 1.23 bits per heavy atom. The number of sulfonamides is 1. The van der Waals surface area contributed by atoms with Gasteiger partial charge in [-0.25, -0.2) is 22.3 Å². The standard InChI is InChI=1S/C20H26N2O7S2/c1-20(2)18(19(23)21-24)22(10-11-30(20,25)26)31(27,28)13-8-9-15-14-6-4-3-5-7-16(14)29-17(15)12-13/h8-9,12,18,24H,3-7,10-11H2,1-2H3,(H,21,23). The minimum absolute atomic E-state index is 0.0882. The third-order valence-electron chi connectivity index (χ3n) is 6.47. The second-order valence-corrected chi connectivity index (χ2v) is 13.2. The fourth-order valence-electron chi connectivity index (χ4n) is 4.60. The van der Waals surface area contributed by atoms with Gasteiger partial charge in [0.2, 0.25) is 10.0 Å². The van der Waals surface area contributed by atoms with E-state index < -0.39 is 48.9 Å². The normalized spacial score (nSPS) is 23.8. The molecular formula is C20H26N2O7S2. The van der Waals surface area contributed by atoms with Gasteiger partial charge in [-0.3, -0.25) is 10.0 Å². The highest BCUT2D eigenvalue weighted by Crippen LogP contribution is 2.37. The van der Waals surface area contributed by atoms with Gasteiger partial charge in [0.25, 0.3) is 5.91 Å². The van der Waals surface area contributed by atoms with Crippen LogP contribution in [0.15, 0.2) is 27.5 Å². The lowest BCUT2D eigenvalue weighted by molar-refractivity contribution is -0.134. The molecule has 4 rings (SSSR count). The van der Waals surface area contributed by atoms with Crippen LogP contribution in [0.1, 0.15) is 44.4 Å². The van der Waals surface area contributed by atoms with Crippen LogP contribution >= 0.6 is 0 Å². The highest BCUT2D eigenvalue weighted by atomic mass is 32.2. The van der Waals surface area contributed by atoms with Crippen LogP contribution in [0.2, 0.25) is 0 Å². The molecule has 1 saturated heterocycles. The van der Waals surface area contributed by atoms with Crippen molar-refractivity contribution in [2.75, 3.05) is 12.3 Å². The van der Waals surface area contributed by atoms with E-state index >= 15 is 0 Å². The molecule has 1 aromatic heterocycles. The summed E-state index contributed by atoms with van der Waals surface area (Å²) in [5.74, 6) is -0.640. The van der Waals surface area contributed by atoms with Crippen molar-refractivity contribution in [1.29, 1.82) is 0 Å². The number of sulfone groups is 1. The van der Waals surface area contributed by atoms with Crippen molar-refractivity contribution in [3.8, 4) is 0 Å². The highest BCUT2D eigenvalue weighted by molar-refractivity contribution is 7.93. The lowest BCUT2D eigenvalue weighted by Gasteiger charge is -2.43. The summed E-state index contributed by atoms with van der Waals surface area (Å²) in [6.07, 6.45) is 4.89. The topological polar surface area (TPSA) is 134 Å². The summed E-state index contributed by atoms with van der Waals surface area (Å²) in [6.45, 7) is 2.19. The number of fused-ring (bicyclic) bond motifs is 3. The van der Waals surface area contributed by atoms with E-state index in [-0.39, 0.29) is 4.90 Å². The van der Waals surface area contributed by atoms with Crippen LogP contribution < -0.4 is 5.48 Å². The summed E-state index contributed by atoms with van der Waals surface area (Å²) in [5, 5.41) is 10.0. The Morgan fingerprint density at radius 3 is 2.65 bits per heavy atom. The van der Waals surface area contributed by atoms with Gasteiger partial charge in [-0.15, -0.1) is 0 Å². The number of carbonyl (C=O) groups excluding carboxylic acids is 1. The zero-order valence-electron chi connectivity index (χ0n) is 17.4. The molecule has 0 bridgehead atoms. The maximum Gasteiger partial charge on any atom is 0.263 e. The molecule has 170 valence electrons. The van der Waals surface area contributed by atoms with Gasteiger partial charge in [0.15, 0.2) is 9.84 Å². The number of hydrogen-bond donors (Lipinski definition) is 2. The monoisotopic (exact) mass is 470 g/mol. The van der Waals surface area contributed by atoms with Crippen LogP contribution in [0.3, 0.4) is 0 Å². The highest BCUT2D eigenvalue weighted by Gasteiger charge is 2.55. The molecule has 1 unspecified atom stereocenters. The Hall–Kier alpha value is -1.95.